The lowest BCUT2D eigenvalue weighted by atomic mass is 10.1. The van der Waals surface area contributed by atoms with Gasteiger partial charge in [0.15, 0.2) is 0 Å². The molecule has 0 unspecified atom stereocenters. The fourth-order valence-corrected chi connectivity index (χ4v) is 3.56. The second-order valence-electron chi connectivity index (χ2n) is 5.99. The van der Waals surface area contributed by atoms with E-state index in [-0.39, 0.29) is 35.3 Å². The Hall–Kier alpha value is -3.04. The van der Waals surface area contributed by atoms with Crippen molar-refractivity contribution in [2.45, 2.75) is 13.8 Å². The predicted octanol–water partition coefficient (Wildman–Crippen LogP) is 3.83. The van der Waals surface area contributed by atoms with Crippen molar-refractivity contribution in [3.63, 3.8) is 0 Å². The van der Waals surface area contributed by atoms with Crippen molar-refractivity contribution >= 4 is 40.3 Å². The minimum Gasteiger partial charge on any atom is -0.462 e. The maximum Gasteiger partial charge on any atom is 0.348 e. The number of halogens is 1. The number of anilines is 1. The average molecular weight is 435 g/mol. The zero-order valence-corrected chi connectivity index (χ0v) is 17.6. The zero-order chi connectivity index (χ0) is 22.1. The number of rotatable bonds is 9. The Morgan fingerprint density at radius 3 is 2.60 bits per heavy atom. The maximum absolute atomic E-state index is 13.3. The van der Waals surface area contributed by atoms with Crippen LogP contribution in [-0.4, -0.2) is 44.8 Å². The van der Waals surface area contributed by atoms with Crippen molar-refractivity contribution in [3.05, 3.63) is 57.7 Å². The molecule has 0 aliphatic rings. The molecule has 0 saturated heterocycles. The summed E-state index contributed by atoms with van der Waals surface area (Å²) in [7, 11) is 1.48. The summed E-state index contributed by atoms with van der Waals surface area (Å²) >= 11 is 0.917. The minimum absolute atomic E-state index is 0.0550. The number of ether oxygens (including phenoxy) is 3. The summed E-state index contributed by atoms with van der Waals surface area (Å²) in [6.45, 7) is 3.65. The van der Waals surface area contributed by atoms with Gasteiger partial charge < -0.3 is 19.5 Å². The molecular weight excluding hydrogens is 413 g/mol. The highest BCUT2D eigenvalue weighted by Crippen LogP contribution is 2.34. The number of hydrogen-bond donors (Lipinski definition) is 1. The number of carbonyl (C=O) groups excluding carboxylic acids is 3. The van der Waals surface area contributed by atoms with E-state index in [4.69, 9.17) is 14.2 Å². The summed E-state index contributed by atoms with van der Waals surface area (Å²) in [4.78, 5) is 37.2. The van der Waals surface area contributed by atoms with E-state index in [1.54, 1.807) is 19.9 Å². The number of esters is 2. The molecule has 30 heavy (non-hydrogen) atoms. The topological polar surface area (TPSA) is 90.9 Å². The Morgan fingerprint density at radius 2 is 1.93 bits per heavy atom. The van der Waals surface area contributed by atoms with Gasteiger partial charge in [-0.05, 0) is 43.2 Å². The smallest absolute Gasteiger partial charge is 0.348 e. The van der Waals surface area contributed by atoms with Crippen molar-refractivity contribution in [2.24, 2.45) is 0 Å². The highest BCUT2D eigenvalue weighted by Gasteiger charge is 2.27. The molecule has 1 amide bonds. The fourth-order valence-electron chi connectivity index (χ4n) is 2.46. The highest BCUT2D eigenvalue weighted by atomic mass is 32.1. The van der Waals surface area contributed by atoms with Crippen LogP contribution in [0.5, 0.6) is 0 Å². The molecular formula is C21H22FNO6S. The van der Waals surface area contributed by atoms with Crippen LogP contribution in [0, 0.1) is 12.7 Å². The predicted molar refractivity (Wildman–Crippen MR) is 111 cm³/mol. The monoisotopic (exact) mass is 435 g/mol. The van der Waals surface area contributed by atoms with Gasteiger partial charge >= 0.3 is 11.9 Å². The van der Waals surface area contributed by atoms with Gasteiger partial charge in [-0.2, -0.15) is 0 Å². The maximum atomic E-state index is 13.3. The Morgan fingerprint density at radius 1 is 1.17 bits per heavy atom. The summed E-state index contributed by atoms with van der Waals surface area (Å²) in [6.07, 6.45) is 2.64. The highest BCUT2D eigenvalue weighted by molar-refractivity contribution is 7.18. The molecule has 0 aliphatic carbocycles. The number of nitrogens with one attached hydrogen (secondary N) is 1. The standard InChI is InChI=1S/C21H22FNO6S/c1-4-28-20(25)17-13(2)18(21(26)29-11-10-27-3)30-19(17)23-16(24)9-8-14-6-5-7-15(22)12-14/h5-9,12H,4,10-11H2,1-3H3,(H,23,24)/b9-8+. The number of thiophene rings is 1. The summed E-state index contributed by atoms with van der Waals surface area (Å²) in [5.74, 6) is -2.26. The molecule has 160 valence electrons. The van der Waals surface area contributed by atoms with Gasteiger partial charge in [0.05, 0.1) is 18.8 Å². The van der Waals surface area contributed by atoms with E-state index < -0.39 is 23.7 Å². The van der Waals surface area contributed by atoms with Gasteiger partial charge in [-0.3, -0.25) is 4.79 Å². The summed E-state index contributed by atoms with van der Waals surface area (Å²) in [5.41, 5.74) is 0.943. The third kappa shape index (κ3) is 6.23. The SMILES string of the molecule is CCOC(=O)c1c(NC(=O)/C=C/c2cccc(F)c2)sc(C(=O)OCCOC)c1C. The zero-order valence-electron chi connectivity index (χ0n) is 16.8. The van der Waals surface area contributed by atoms with Crippen LogP contribution in [0.1, 0.15) is 38.1 Å². The Kier molecular flexibility index (Phi) is 8.70. The third-order valence-corrected chi connectivity index (χ3v) is 5.03. The molecule has 0 spiro atoms. The van der Waals surface area contributed by atoms with E-state index >= 15 is 0 Å². The van der Waals surface area contributed by atoms with Gasteiger partial charge in [0.25, 0.3) is 0 Å². The van der Waals surface area contributed by atoms with Gasteiger partial charge in [-0.15, -0.1) is 11.3 Å². The second kappa shape index (κ2) is 11.2. The molecule has 2 aromatic rings. The number of carbonyl (C=O) groups is 3. The molecule has 0 fully saturated rings. The van der Waals surface area contributed by atoms with Crippen LogP contribution in [0.4, 0.5) is 9.39 Å². The van der Waals surface area contributed by atoms with Crippen LogP contribution in [0.2, 0.25) is 0 Å². The number of amides is 1. The molecule has 7 nitrogen and oxygen atoms in total. The fraction of sp³-hybridized carbons (Fsp3) is 0.286. The van der Waals surface area contributed by atoms with Crippen LogP contribution in [-0.2, 0) is 19.0 Å². The molecule has 1 heterocycles. The Labute approximate surface area is 177 Å². The largest absolute Gasteiger partial charge is 0.462 e. The Balaban J connectivity index is 2.25. The summed E-state index contributed by atoms with van der Waals surface area (Å²) in [5, 5.41) is 2.75. The van der Waals surface area contributed by atoms with E-state index in [9.17, 15) is 18.8 Å². The molecule has 0 atom stereocenters. The van der Waals surface area contributed by atoms with Crippen molar-refractivity contribution in [2.75, 3.05) is 32.2 Å². The van der Waals surface area contributed by atoms with Crippen molar-refractivity contribution in [3.8, 4) is 0 Å². The van der Waals surface area contributed by atoms with Crippen LogP contribution >= 0.6 is 11.3 Å². The van der Waals surface area contributed by atoms with Crippen LogP contribution in [0.15, 0.2) is 30.3 Å². The first-order valence-electron chi connectivity index (χ1n) is 9.08. The lowest BCUT2D eigenvalue weighted by Gasteiger charge is -2.05. The second-order valence-corrected chi connectivity index (χ2v) is 7.01. The van der Waals surface area contributed by atoms with Crippen LogP contribution < -0.4 is 5.32 Å². The molecule has 1 aromatic carbocycles. The molecule has 1 aromatic heterocycles. The lowest BCUT2D eigenvalue weighted by Crippen LogP contribution is -2.13. The average Bonchev–Trinajstić information content (AvgIpc) is 3.02. The van der Waals surface area contributed by atoms with Gasteiger partial charge in [-0.1, -0.05) is 12.1 Å². The minimum atomic E-state index is -0.661. The molecule has 0 saturated carbocycles. The normalized spacial score (nSPS) is 10.8. The molecule has 0 radical (unpaired) electrons. The Bertz CT molecular complexity index is 953. The summed E-state index contributed by atoms with van der Waals surface area (Å²) in [6, 6.07) is 5.73. The van der Waals surface area contributed by atoms with Crippen molar-refractivity contribution in [1.29, 1.82) is 0 Å². The van der Waals surface area contributed by atoms with Crippen molar-refractivity contribution < 1.29 is 33.0 Å². The molecule has 1 N–H and O–H groups in total. The number of methoxy groups -OCH3 is 1. The van der Waals surface area contributed by atoms with Crippen molar-refractivity contribution in [1.82, 2.24) is 0 Å². The lowest BCUT2D eigenvalue weighted by molar-refractivity contribution is -0.111. The number of benzene rings is 1. The van der Waals surface area contributed by atoms with E-state index in [2.05, 4.69) is 5.32 Å². The van der Waals surface area contributed by atoms with E-state index in [1.807, 2.05) is 0 Å². The molecule has 9 heteroatoms. The molecule has 0 bridgehead atoms. The number of hydrogen-bond acceptors (Lipinski definition) is 7. The van der Waals surface area contributed by atoms with Crippen LogP contribution in [0.3, 0.4) is 0 Å². The first-order valence-corrected chi connectivity index (χ1v) is 9.90. The first-order chi connectivity index (χ1) is 14.4. The van der Waals surface area contributed by atoms with E-state index in [1.165, 1.54) is 37.5 Å². The van der Waals surface area contributed by atoms with E-state index in [0.717, 1.165) is 11.3 Å². The van der Waals surface area contributed by atoms with Gasteiger partial charge in [0, 0.05) is 13.2 Å². The van der Waals surface area contributed by atoms with Gasteiger partial charge in [-0.25, -0.2) is 14.0 Å². The van der Waals surface area contributed by atoms with E-state index in [0.29, 0.717) is 11.1 Å². The summed E-state index contributed by atoms with van der Waals surface area (Å²) < 4.78 is 28.3. The third-order valence-electron chi connectivity index (χ3n) is 3.84. The van der Waals surface area contributed by atoms with Gasteiger partial charge in [0.1, 0.15) is 22.3 Å². The first kappa shape index (κ1) is 23.2. The van der Waals surface area contributed by atoms with Crippen LogP contribution in [0.25, 0.3) is 6.08 Å². The molecule has 2 rings (SSSR count). The molecule has 0 aliphatic heterocycles. The van der Waals surface area contributed by atoms with Gasteiger partial charge in [0.2, 0.25) is 5.91 Å². The quantitative estimate of drug-likeness (QED) is 0.366.